The number of halogens is 2. The van der Waals surface area contributed by atoms with Crippen molar-refractivity contribution in [3.63, 3.8) is 0 Å². The third-order valence-electron chi connectivity index (χ3n) is 1.74. The fourth-order valence-electron chi connectivity index (χ4n) is 0.820. The average Bonchev–Trinajstić information content (AvgIpc) is 2.03. The second-order valence-electron chi connectivity index (χ2n) is 2.87. The number of hydrogen-bond donors (Lipinski definition) is 0. The lowest BCUT2D eigenvalue weighted by Gasteiger charge is -2.15. The highest BCUT2D eigenvalue weighted by Crippen LogP contribution is 2.21. The molecule has 0 saturated heterocycles. The smallest absolute Gasteiger partial charge is 0.230 e. The van der Waals surface area contributed by atoms with Crippen LogP contribution in [0.5, 0.6) is 0 Å². The number of nitrogens with zero attached hydrogens (tertiary/aromatic N) is 1. The van der Waals surface area contributed by atoms with Crippen LogP contribution in [-0.2, 0) is 3.17 Å². The van der Waals surface area contributed by atoms with E-state index in [9.17, 15) is 0 Å². The fraction of sp³-hybridized carbons (Fsp3) is 0.857. The van der Waals surface area contributed by atoms with Crippen LogP contribution >= 0.6 is 44.7 Å². The minimum Gasteiger partial charge on any atom is -0.327 e. The SMILES string of the molecule is CC(C)C(C/C=N/OI)CSCl. The Morgan fingerprint density at radius 1 is 1.67 bits per heavy atom. The molecule has 0 spiro atoms. The molecule has 72 valence electrons. The van der Waals surface area contributed by atoms with Crippen LogP contribution < -0.4 is 0 Å². The van der Waals surface area contributed by atoms with Crippen LogP contribution in [0.4, 0.5) is 0 Å². The first-order valence-corrected chi connectivity index (χ1v) is 6.44. The molecule has 0 heterocycles. The first-order chi connectivity index (χ1) is 5.72. The van der Waals surface area contributed by atoms with Gasteiger partial charge >= 0.3 is 0 Å². The monoisotopic (exact) mass is 321 g/mol. The zero-order valence-corrected chi connectivity index (χ0v) is 10.9. The average molecular weight is 322 g/mol. The molecule has 0 aromatic rings. The second kappa shape index (κ2) is 8.44. The Kier molecular flexibility index (Phi) is 9.03. The van der Waals surface area contributed by atoms with Gasteiger partial charge in [-0.2, -0.15) is 0 Å². The second-order valence-corrected chi connectivity index (χ2v) is 4.47. The highest BCUT2D eigenvalue weighted by molar-refractivity contribution is 14.1. The van der Waals surface area contributed by atoms with E-state index in [1.807, 2.05) is 0 Å². The Morgan fingerprint density at radius 3 is 2.75 bits per heavy atom. The van der Waals surface area contributed by atoms with Gasteiger partial charge in [-0.15, -0.1) is 0 Å². The van der Waals surface area contributed by atoms with Gasteiger partial charge in [0.25, 0.3) is 0 Å². The van der Waals surface area contributed by atoms with Crippen molar-refractivity contribution < 1.29 is 3.17 Å². The van der Waals surface area contributed by atoms with E-state index >= 15 is 0 Å². The molecule has 0 aromatic heterocycles. The highest BCUT2D eigenvalue weighted by atomic mass is 127. The first-order valence-electron chi connectivity index (χ1n) is 3.75. The van der Waals surface area contributed by atoms with Crippen LogP contribution in [0, 0.1) is 11.8 Å². The number of rotatable bonds is 6. The van der Waals surface area contributed by atoms with E-state index in [2.05, 4.69) is 22.2 Å². The lowest BCUT2D eigenvalue weighted by molar-refractivity contribution is 0.430. The minimum atomic E-state index is 0.586. The molecule has 0 radical (unpaired) electrons. The molecule has 5 heteroatoms. The van der Waals surface area contributed by atoms with Gasteiger partial charge in [-0.05, 0) is 28.9 Å². The van der Waals surface area contributed by atoms with Gasteiger partial charge in [0.05, 0.1) is 0 Å². The summed E-state index contributed by atoms with van der Waals surface area (Å²) in [6, 6.07) is 0. The Hall–Kier alpha value is 0.840. The van der Waals surface area contributed by atoms with E-state index < -0.39 is 0 Å². The molecule has 12 heavy (non-hydrogen) atoms. The summed E-state index contributed by atoms with van der Waals surface area (Å²) >= 11 is 1.74. The fourth-order valence-corrected chi connectivity index (χ4v) is 2.15. The molecule has 0 aliphatic heterocycles. The molecule has 1 unspecified atom stereocenters. The summed E-state index contributed by atoms with van der Waals surface area (Å²) in [7, 11) is 6.96. The van der Waals surface area contributed by atoms with E-state index in [1.54, 1.807) is 29.2 Å². The van der Waals surface area contributed by atoms with Gasteiger partial charge in [-0.25, -0.2) is 0 Å². The van der Waals surface area contributed by atoms with Crippen LogP contribution in [0.25, 0.3) is 0 Å². The van der Waals surface area contributed by atoms with Crippen molar-refractivity contribution in [3.8, 4) is 0 Å². The molecule has 0 fully saturated rings. The van der Waals surface area contributed by atoms with Gasteiger partial charge in [0, 0.05) is 12.0 Å². The van der Waals surface area contributed by atoms with Crippen molar-refractivity contribution in [1.29, 1.82) is 0 Å². The normalized spacial score (nSPS) is 14.1. The van der Waals surface area contributed by atoms with E-state index in [0.29, 0.717) is 11.8 Å². The summed E-state index contributed by atoms with van der Waals surface area (Å²) in [4.78, 5) is 0. The maximum atomic E-state index is 5.59. The van der Waals surface area contributed by atoms with Crippen molar-refractivity contribution in [2.45, 2.75) is 20.3 Å². The maximum Gasteiger partial charge on any atom is 0.230 e. The molecule has 0 saturated carbocycles. The third kappa shape index (κ3) is 6.37. The summed E-state index contributed by atoms with van der Waals surface area (Å²) < 4.78 is 4.55. The molecule has 0 rings (SSSR count). The predicted octanol–water partition coefficient (Wildman–Crippen LogP) is 3.89. The van der Waals surface area contributed by atoms with E-state index in [4.69, 9.17) is 10.7 Å². The molecule has 1 atom stereocenters. The van der Waals surface area contributed by atoms with Crippen LogP contribution in [0.1, 0.15) is 20.3 Å². The Bertz CT molecular complexity index is 135. The van der Waals surface area contributed by atoms with E-state index in [0.717, 1.165) is 12.2 Å². The van der Waals surface area contributed by atoms with E-state index in [1.165, 1.54) is 11.0 Å². The van der Waals surface area contributed by atoms with Crippen LogP contribution in [-0.4, -0.2) is 12.0 Å². The third-order valence-corrected chi connectivity index (χ3v) is 2.90. The van der Waals surface area contributed by atoms with Crippen molar-refractivity contribution in [2.24, 2.45) is 17.0 Å². The van der Waals surface area contributed by atoms with Crippen LogP contribution in [0.15, 0.2) is 5.16 Å². The molecule has 0 amide bonds. The summed E-state index contributed by atoms with van der Waals surface area (Å²) in [6.45, 7) is 4.38. The molecule has 2 nitrogen and oxygen atoms in total. The Morgan fingerprint density at radius 2 is 2.33 bits per heavy atom. The summed E-state index contributed by atoms with van der Waals surface area (Å²) in [5, 5.41) is 3.69. The number of oxime groups is 1. The summed E-state index contributed by atoms with van der Waals surface area (Å²) in [5.41, 5.74) is 0. The van der Waals surface area contributed by atoms with Crippen molar-refractivity contribution >= 4 is 50.9 Å². The molecule has 0 aromatic carbocycles. The van der Waals surface area contributed by atoms with Gasteiger partial charge in [0.15, 0.2) is 0 Å². The Balaban J connectivity index is 3.70. The topological polar surface area (TPSA) is 21.6 Å². The molecule has 0 aliphatic carbocycles. The van der Waals surface area contributed by atoms with Gasteiger partial charge in [-0.1, -0.05) is 30.0 Å². The largest absolute Gasteiger partial charge is 0.327 e. The standard InChI is InChI=1S/C7H13ClINOS/c1-6(2)7(5-12-8)3-4-10-11-9/h4,6-7H,3,5H2,1-2H3/b10-4+. The molecule has 0 N–H and O–H groups in total. The van der Waals surface area contributed by atoms with Crippen LogP contribution in [0.2, 0.25) is 0 Å². The molecular formula is C7H13ClINOS. The van der Waals surface area contributed by atoms with Gasteiger partial charge in [0.2, 0.25) is 23.0 Å². The molecule has 0 bridgehead atoms. The van der Waals surface area contributed by atoms with Gasteiger partial charge in [0.1, 0.15) is 0 Å². The Labute approximate surface area is 96.6 Å². The summed E-state index contributed by atoms with van der Waals surface area (Å²) in [5.74, 6) is 2.19. The molecular weight excluding hydrogens is 309 g/mol. The van der Waals surface area contributed by atoms with E-state index in [-0.39, 0.29) is 0 Å². The number of hydrogen-bond acceptors (Lipinski definition) is 3. The predicted molar refractivity (Wildman–Crippen MR) is 64.9 cm³/mol. The zero-order valence-electron chi connectivity index (χ0n) is 7.17. The lowest BCUT2D eigenvalue weighted by Crippen LogP contribution is -2.11. The summed E-state index contributed by atoms with van der Waals surface area (Å²) in [6.07, 6.45) is 2.73. The molecule has 0 aliphatic rings. The highest BCUT2D eigenvalue weighted by Gasteiger charge is 2.11. The van der Waals surface area contributed by atoms with Crippen molar-refractivity contribution in [2.75, 3.05) is 5.75 Å². The van der Waals surface area contributed by atoms with Crippen molar-refractivity contribution in [3.05, 3.63) is 0 Å². The zero-order chi connectivity index (χ0) is 9.40. The van der Waals surface area contributed by atoms with Crippen LogP contribution in [0.3, 0.4) is 0 Å². The van der Waals surface area contributed by atoms with Gasteiger partial charge in [-0.3, -0.25) is 0 Å². The minimum absolute atomic E-state index is 0.586. The maximum absolute atomic E-state index is 5.59. The van der Waals surface area contributed by atoms with Crippen molar-refractivity contribution in [1.82, 2.24) is 0 Å². The van der Waals surface area contributed by atoms with Gasteiger partial charge < -0.3 is 3.17 Å². The lowest BCUT2D eigenvalue weighted by atomic mass is 9.95. The quantitative estimate of drug-likeness (QED) is 0.420. The first kappa shape index (κ1) is 12.8.